The SMILES string of the molecule is COc1ccc(CC(=O)C2(OC)CCCC2)cc1Br. The smallest absolute Gasteiger partial charge is 0.168 e. The van der Waals surface area contributed by atoms with Crippen LogP contribution in [0, 0.1) is 0 Å². The molecule has 19 heavy (non-hydrogen) atoms. The molecule has 1 aromatic rings. The Morgan fingerprint density at radius 1 is 1.32 bits per heavy atom. The minimum absolute atomic E-state index is 0.185. The average molecular weight is 327 g/mol. The predicted molar refractivity (Wildman–Crippen MR) is 77.6 cm³/mol. The van der Waals surface area contributed by atoms with Gasteiger partial charge >= 0.3 is 0 Å². The number of carbonyl (C=O) groups is 1. The van der Waals surface area contributed by atoms with Crippen molar-refractivity contribution in [3.05, 3.63) is 28.2 Å². The Balaban J connectivity index is 2.12. The molecule has 1 aromatic carbocycles. The van der Waals surface area contributed by atoms with Crippen LogP contribution in [0.4, 0.5) is 0 Å². The van der Waals surface area contributed by atoms with Gasteiger partial charge in [0, 0.05) is 13.5 Å². The number of halogens is 1. The van der Waals surface area contributed by atoms with Crippen LogP contribution >= 0.6 is 15.9 Å². The normalized spacial score (nSPS) is 17.4. The molecule has 0 bridgehead atoms. The Morgan fingerprint density at radius 3 is 2.53 bits per heavy atom. The van der Waals surface area contributed by atoms with E-state index in [4.69, 9.17) is 9.47 Å². The van der Waals surface area contributed by atoms with Crippen LogP contribution in [0.25, 0.3) is 0 Å². The van der Waals surface area contributed by atoms with E-state index in [1.54, 1.807) is 14.2 Å². The van der Waals surface area contributed by atoms with Crippen molar-refractivity contribution >= 4 is 21.7 Å². The number of carbonyl (C=O) groups excluding carboxylic acids is 1. The Hall–Kier alpha value is -0.870. The lowest BCUT2D eigenvalue weighted by molar-refractivity contribution is -0.139. The first-order valence-corrected chi connectivity index (χ1v) is 7.31. The predicted octanol–water partition coefficient (Wildman–Crippen LogP) is 3.53. The number of rotatable bonds is 5. The molecule has 0 saturated heterocycles. The first-order valence-electron chi connectivity index (χ1n) is 6.52. The molecule has 1 fully saturated rings. The van der Waals surface area contributed by atoms with Gasteiger partial charge in [-0.05, 0) is 59.3 Å². The highest BCUT2D eigenvalue weighted by molar-refractivity contribution is 9.10. The molecule has 0 heterocycles. The Kier molecular flexibility index (Phi) is 4.63. The Bertz CT molecular complexity index is 464. The van der Waals surface area contributed by atoms with Gasteiger partial charge < -0.3 is 9.47 Å². The van der Waals surface area contributed by atoms with E-state index >= 15 is 0 Å². The molecule has 0 N–H and O–H groups in total. The number of hydrogen-bond donors (Lipinski definition) is 0. The summed E-state index contributed by atoms with van der Waals surface area (Å²) in [6.07, 6.45) is 4.26. The Labute approximate surface area is 122 Å². The van der Waals surface area contributed by atoms with Gasteiger partial charge in [0.2, 0.25) is 0 Å². The second kappa shape index (κ2) is 6.06. The molecule has 104 valence electrons. The molecule has 0 aromatic heterocycles. The van der Waals surface area contributed by atoms with Gasteiger partial charge in [-0.3, -0.25) is 4.79 Å². The van der Waals surface area contributed by atoms with E-state index in [2.05, 4.69) is 15.9 Å². The number of Topliss-reactive ketones (excluding diaryl/α,β-unsaturated/α-hetero) is 1. The largest absolute Gasteiger partial charge is 0.496 e. The van der Waals surface area contributed by atoms with Crippen LogP contribution in [0.1, 0.15) is 31.2 Å². The maximum absolute atomic E-state index is 12.5. The van der Waals surface area contributed by atoms with E-state index in [0.717, 1.165) is 41.5 Å². The molecule has 2 rings (SSSR count). The third-order valence-corrected chi connectivity index (χ3v) is 4.51. The molecule has 0 atom stereocenters. The minimum atomic E-state index is -0.549. The molecular formula is C15H19BrO3. The number of hydrogen-bond acceptors (Lipinski definition) is 3. The van der Waals surface area contributed by atoms with Crippen LogP contribution in [-0.2, 0) is 16.0 Å². The molecule has 0 unspecified atom stereocenters. The molecule has 1 aliphatic rings. The number of benzene rings is 1. The van der Waals surface area contributed by atoms with Gasteiger partial charge in [-0.1, -0.05) is 6.07 Å². The molecule has 0 radical (unpaired) electrons. The molecular weight excluding hydrogens is 308 g/mol. The molecule has 1 saturated carbocycles. The highest BCUT2D eigenvalue weighted by atomic mass is 79.9. The number of ether oxygens (including phenoxy) is 2. The van der Waals surface area contributed by atoms with Gasteiger partial charge in [-0.2, -0.15) is 0 Å². The van der Waals surface area contributed by atoms with Crippen LogP contribution in [-0.4, -0.2) is 25.6 Å². The molecule has 0 amide bonds. The van der Waals surface area contributed by atoms with Gasteiger partial charge in [0.1, 0.15) is 11.4 Å². The average Bonchev–Trinajstić information content (AvgIpc) is 2.89. The number of methoxy groups -OCH3 is 2. The summed E-state index contributed by atoms with van der Waals surface area (Å²) in [5.41, 5.74) is 0.438. The lowest BCUT2D eigenvalue weighted by Crippen LogP contribution is -2.38. The van der Waals surface area contributed by atoms with Crippen LogP contribution < -0.4 is 4.74 Å². The van der Waals surface area contributed by atoms with Gasteiger partial charge in [0.15, 0.2) is 5.78 Å². The van der Waals surface area contributed by atoms with Crippen LogP contribution in [0.5, 0.6) is 5.75 Å². The Morgan fingerprint density at radius 2 is 2.00 bits per heavy atom. The summed E-state index contributed by atoms with van der Waals surface area (Å²) in [5, 5.41) is 0. The quantitative estimate of drug-likeness (QED) is 0.830. The zero-order valence-corrected chi connectivity index (χ0v) is 13.0. The monoisotopic (exact) mass is 326 g/mol. The van der Waals surface area contributed by atoms with Crippen molar-refractivity contribution in [3.8, 4) is 5.75 Å². The zero-order chi connectivity index (χ0) is 13.9. The van der Waals surface area contributed by atoms with Crippen LogP contribution in [0.2, 0.25) is 0 Å². The van der Waals surface area contributed by atoms with Gasteiger partial charge in [-0.15, -0.1) is 0 Å². The summed E-state index contributed by atoms with van der Waals surface area (Å²) >= 11 is 3.44. The lowest BCUT2D eigenvalue weighted by Gasteiger charge is -2.25. The maximum atomic E-state index is 12.5. The lowest BCUT2D eigenvalue weighted by atomic mass is 9.91. The van der Waals surface area contributed by atoms with E-state index in [0.29, 0.717) is 6.42 Å². The van der Waals surface area contributed by atoms with Gasteiger partial charge in [0.05, 0.1) is 11.6 Å². The molecule has 3 nitrogen and oxygen atoms in total. The summed E-state index contributed by atoms with van der Waals surface area (Å²) in [6, 6.07) is 5.75. The molecule has 0 spiro atoms. The summed E-state index contributed by atoms with van der Waals surface area (Å²) in [7, 11) is 3.27. The fourth-order valence-electron chi connectivity index (χ4n) is 2.71. The number of ketones is 1. The van der Waals surface area contributed by atoms with E-state index in [9.17, 15) is 4.79 Å². The summed E-state index contributed by atoms with van der Waals surface area (Å²) < 4.78 is 11.6. The van der Waals surface area contributed by atoms with E-state index in [-0.39, 0.29) is 5.78 Å². The second-order valence-corrected chi connectivity index (χ2v) is 5.83. The highest BCUT2D eigenvalue weighted by Gasteiger charge is 2.40. The highest BCUT2D eigenvalue weighted by Crippen LogP contribution is 2.35. The fourth-order valence-corrected chi connectivity index (χ4v) is 3.30. The van der Waals surface area contributed by atoms with Crippen LogP contribution in [0.15, 0.2) is 22.7 Å². The second-order valence-electron chi connectivity index (χ2n) is 4.97. The van der Waals surface area contributed by atoms with Crippen LogP contribution in [0.3, 0.4) is 0 Å². The van der Waals surface area contributed by atoms with Gasteiger partial charge in [0.25, 0.3) is 0 Å². The standard InChI is InChI=1S/C15H19BrO3/c1-18-13-6-5-11(9-12(13)16)10-14(17)15(19-2)7-3-4-8-15/h5-6,9H,3-4,7-8,10H2,1-2H3. The maximum Gasteiger partial charge on any atom is 0.168 e. The summed E-state index contributed by atoms with van der Waals surface area (Å²) in [5.74, 6) is 0.961. The van der Waals surface area contributed by atoms with E-state index in [1.165, 1.54) is 0 Å². The van der Waals surface area contributed by atoms with Crippen molar-refractivity contribution in [2.24, 2.45) is 0 Å². The summed E-state index contributed by atoms with van der Waals surface area (Å²) in [4.78, 5) is 12.5. The van der Waals surface area contributed by atoms with Crippen molar-refractivity contribution in [1.82, 2.24) is 0 Å². The molecule has 4 heteroatoms. The first-order chi connectivity index (χ1) is 9.11. The fraction of sp³-hybridized carbons (Fsp3) is 0.533. The minimum Gasteiger partial charge on any atom is -0.496 e. The zero-order valence-electron chi connectivity index (χ0n) is 11.4. The van der Waals surface area contributed by atoms with Crippen molar-refractivity contribution in [2.75, 3.05) is 14.2 Å². The summed E-state index contributed by atoms with van der Waals surface area (Å²) in [6.45, 7) is 0. The van der Waals surface area contributed by atoms with Gasteiger partial charge in [-0.25, -0.2) is 0 Å². The van der Waals surface area contributed by atoms with Crippen molar-refractivity contribution in [1.29, 1.82) is 0 Å². The third kappa shape index (κ3) is 3.00. The van der Waals surface area contributed by atoms with E-state index < -0.39 is 5.60 Å². The van der Waals surface area contributed by atoms with Crippen molar-refractivity contribution in [3.63, 3.8) is 0 Å². The molecule has 1 aliphatic carbocycles. The first kappa shape index (κ1) is 14.5. The van der Waals surface area contributed by atoms with Crippen molar-refractivity contribution in [2.45, 2.75) is 37.7 Å². The molecule has 0 aliphatic heterocycles. The third-order valence-electron chi connectivity index (χ3n) is 3.89. The van der Waals surface area contributed by atoms with Crippen molar-refractivity contribution < 1.29 is 14.3 Å². The topological polar surface area (TPSA) is 35.5 Å². The van der Waals surface area contributed by atoms with E-state index in [1.807, 2.05) is 18.2 Å².